The van der Waals surface area contributed by atoms with Crippen molar-refractivity contribution < 1.29 is 9.84 Å². The van der Waals surface area contributed by atoms with Gasteiger partial charge >= 0.3 is 0 Å². The van der Waals surface area contributed by atoms with Gasteiger partial charge in [-0.2, -0.15) is 14.9 Å². The lowest BCUT2D eigenvalue weighted by Crippen LogP contribution is -1.97. The number of aromatic hydroxyl groups is 1. The van der Waals surface area contributed by atoms with Crippen molar-refractivity contribution in [1.29, 1.82) is 0 Å². The number of halogens is 2. The molecule has 0 aliphatic heterocycles. The van der Waals surface area contributed by atoms with Crippen molar-refractivity contribution in [2.75, 3.05) is 6.61 Å². The largest absolute Gasteiger partial charge is 0.504 e. The highest BCUT2D eigenvalue weighted by Crippen LogP contribution is 2.29. The van der Waals surface area contributed by atoms with E-state index in [9.17, 15) is 5.11 Å². The van der Waals surface area contributed by atoms with Crippen LogP contribution in [0.2, 0.25) is 10.0 Å². The molecule has 2 aromatic carbocycles. The summed E-state index contributed by atoms with van der Waals surface area (Å²) in [6.45, 7) is 2.29. The summed E-state index contributed by atoms with van der Waals surface area (Å²) in [5.41, 5.74) is 1.36. The standard InChI is InChI=1S/C17H14Cl2N4O2S/c1-2-25-15-7-10(3-6-14(15)24)9-20-23-16(21-22-17(23)26)12-5-4-11(18)8-13(12)19/h3-9,24H,2H2,1H3,(H,22,26). The molecule has 0 saturated heterocycles. The summed E-state index contributed by atoms with van der Waals surface area (Å²) in [5, 5.41) is 22.0. The maximum atomic E-state index is 9.78. The number of nitrogens with zero attached hydrogens (tertiary/aromatic N) is 3. The van der Waals surface area contributed by atoms with Crippen LogP contribution in [-0.2, 0) is 0 Å². The molecule has 9 heteroatoms. The quantitative estimate of drug-likeness (QED) is 0.464. The summed E-state index contributed by atoms with van der Waals surface area (Å²) >= 11 is 17.4. The second-order valence-electron chi connectivity index (χ2n) is 5.19. The number of benzene rings is 2. The van der Waals surface area contributed by atoms with E-state index in [-0.39, 0.29) is 5.75 Å². The molecule has 6 nitrogen and oxygen atoms in total. The maximum Gasteiger partial charge on any atom is 0.216 e. The SMILES string of the molecule is CCOc1cc(C=Nn2c(-c3ccc(Cl)cc3Cl)n[nH]c2=S)ccc1O. The molecule has 0 bridgehead atoms. The Balaban J connectivity index is 1.99. The van der Waals surface area contributed by atoms with Crippen molar-refractivity contribution in [2.24, 2.45) is 5.10 Å². The Hall–Kier alpha value is -2.35. The molecular weight excluding hydrogens is 395 g/mol. The molecule has 134 valence electrons. The van der Waals surface area contributed by atoms with E-state index in [0.29, 0.717) is 38.6 Å². The first kappa shape index (κ1) is 18.4. The van der Waals surface area contributed by atoms with Gasteiger partial charge in [-0.15, -0.1) is 0 Å². The van der Waals surface area contributed by atoms with Crippen LogP contribution in [0.5, 0.6) is 11.5 Å². The van der Waals surface area contributed by atoms with Crippen LogP contribution < -0.4 is 4.74 Å². The normalized spacial score (nSPS) is 11.2. The van der Waals surface area contributed by atoms with E-state index >= 15 is 0 Å². The van der Waals surface area contributed by atoms with E-state index in [1.165, 1.54) is 10.7 Å². The predicted octanol–water partition coefficient (Wildman–Crippen LogP) is 4.90. The number of ether oxygens (including phenoxy) is 1. The Labute approximate surface area is 164 Å². The van der Waals surface area contributed by atoms with Crippen molar-refractivity contribution in [3.05, 3.63) is 56.8 Å². The number of phenols is 1. The summed E-state index contributed by atoms with van der Waals surface area (Å²) in [4.78, 5) is 0. The Morgan fingerprint density at radius 2 is 2.12 bits per heavy atom. The summed E-state index contributed by atoms with van der Waals surface area (Å²) < 4.78 is 7.14. The molecule has 0 saturated carbocycles. The Morgan fingerprint density at radius 1 is 1.31 bits per heavy atom. The second-order valence-corrected chi connectivity index (χ2v) is 6.42. The third-order valence-electron chi connectivity index (χ3n) is 3.43. The van der Waals surface area contributed by atoms with E-state index in [4.69, 9.17) is 40.2 Å². The van der Waals surface area contributed by atoms with Crippen LogP contribution in [0.4, 0.5) is 0 Å². The zero-order chi connectivity index (χ0) is 18.7. The number of rotatable bonds is 5. The third kappa shape index (κ3) is 3.90. The lowest BCUT2D eigenvalue weighted by Gasteiger charge is -2.06. The van der Waals surface area contributed by atoms with Gasteiger partial charge in [0.1, 0.15) is 0 Å². The van der Waals surface area contributed by atoms with Gasteiger partial charge in [0.05, 0.1) is 17.8 Å². The van der Waals surface area contributed by atoms with Gasteiger partial charge in [0.15, 0.2) is 17.3 Å². The average molecular weight is 409 g/mol. The number of nitrogens with one attached hydrogen (secondary N) is 1. The number of hydrogen-bond donors (Lipinski definition) is 2. The fourth-order valence-electron chi connectivity index (χ4n) is 2.25. The van der Waals surface area contributed by atoms with E-state index in [1.54, 1.807) is 36.5 Å². The maximum absolute atomic E-state index is 9.78. The lowest BCUT2D eigenvalue weighted by molar-refractivity contribution is 0.318. The fraction of sp³-hybridized carbons (Fsp3) is 0.118. The minimum Gasteiger partial charge on any atom is -0.504 e. The van der Waals surface area contributed by atoms with E-state index in [2.05, 4.69) is 15.3 Å². The number of phenolic OH excluding ortho intramolecular Hbond substituents is 1. The zero-order valence-electron chi connectivity index (χ0n) is 13.6. The predicted molar refractivity (Wildman–Crippen MR) is 105 cm³/mol. The number of hydrogen-bond acceptors (Lipinski definition) is 5. The highest BCUT2D eigenvalue weighted by Gasteiger charge is 2.12. The molecule has 0 amide bonds. The molecule has 0 spiro atoms. The van der Waals surface area contributed by atoms with Crippen LogP contribution in [-0.4, -0.2) is 32.8 Å². The van der Waals surface area contributed by atoms with Crippen molar-refractivity contribution in [2.45, 2.75) is 6.92 Å². The van der Waals surface area contributed by atoms with E-state index in [1.807, 2.05) is 6.92 Å². The number of aromatic amines is 1. The van der Waals surface area contributed by atoms with Crippen LogP contribution >= 0.6 is 35.4 Å². The first-order valence-electron chi connectivity index (χ1n) is 7.62. The Kier molecular flexibility index (Phi) is 5.61. The molecule has 0 atom stereocenters. The number of aromatic nitrogens is 3. The first-order valence-corrected chi connectivity index (χ1v) is 8.79. The summed E-state index contributed by atoms with van der Waals surface area (Å²) in [7, 11) is 0. The molecule has 1 aromatic heterocycles. The van der Waals surface area contributed by atoms with Gasteiger partial charge in [0, 0.05) is 10.6 Å². The molecule has 0 radical (unpaired) electrons. The van der Waals surface area contributed by atoms with Crippen molar-refractivity contribution in [1.82, 2.24) is 14.9 Å². The van der Waals surface area contributed by atoms with Gasteiger partial charge in [-0.25, -0.2) is 5.10 Å². The topological polar surface area (TPSA) is 75.4 Å². The molecule has 0 unspecified atom stereocenters. The van der Waals surface area contributed by atoms with Crippen LogP contribution in [0, 0.1) is 4.77 Å². The van der Waals surface area contributed by atoms with Gasteiger partial charge in [-0.1, -0.05) is 23.2 Å². The van der Waals surface area contributed by atoms with Gasteiger partial charge in [-0.3, -0.25) is 0 Å². The molecule has 0 aliphatic rings. The fourth-order valence-corrected chi connectivity index (χ4v) is 2.92. The zero-order valence-corrected chi connectivity index (χ0v) is 15.9. The molecule has 0 fully saturated rings. The van der Waals surface area contributed by atoms with E-state index < -0.39 is 0 Å². The highest BCUT2D eigenvalue weighted by molar-refractivity contribution is 7.71. The Bertz CT molecular complexity index is 1030. The van der Waals surface area contributed by atoms with Gasteiger partial charge in [-0.05, 0) is 61.1 Å². The molecule has 1 heterocycles. The minimum absolute atomic E-state index is 0.0672. The minimum atomic E-state index is 0.0672. The van der Waals surface area contributed by atoms with Crippen molar-refractivity contribution >= 4 is 41.6 Å². The van der Waals surface area contributed by atoms with Gasteiger partial charge < -0.3 is 9.84 Å². The smallest absolute Gasteiger partial charge is 0.216 e. The van der Waals surface area contributed by atoms with E-state index in [0.717, 1.165) is 5.56 Å². The second kappa shape index (κ2) is 7.90. The summed E-state index contributed by atoms with van der Waals surface area (Å²) in [6.07, 6.45) is 1.58. The lowest BCUT2D eigenvalue weighted by atomic mass is 10.2. The van der Waals surface area contributed by atoms with Crippen molar-refractivity contribution in [3.63, 3.8) is 0 Å². The molecule has 26 heavy (non-hydrogen) atoms. The monoisotopic (exact) mass is 408 g/mol. The molecular formula is C17H14Cl2N4O2S. The molecule has 2 N–H and O–H groups in total. The van der Waals surface area contributed by atoms with Gasteiger partial charge in [0.25, 0.3) is 0 Å². The third-order valence-corrected chi connectivity index (χ3v) is 4.24. The summed E-state index contributed by atoms with van der Waals surface area (Å²) in [6, 6.07) is 10.0. The molecule has 3 aromatic rings. The first-order chi connectivity index (χ1) is 12.5. The molecule has 0 aliphatic carbocycles. The Morgan fingerprint density at radius 3 is 2.85 bits per heavy atom. The van der Waals surface area contributed by atoms with Crippen LogP contribution in [0.15, 0.2) is 41.5 Å². The van der Waals surface area contributed by atoms with Crippen LogP contribution in [0.1, 0.15) is 12.5 Å². The van der Waals surface area contributed by atoms with Gasteiger partial charge in [0.2, 0.25) is 4.77 Å². The molecule has 3 rings (SSSR count). The highest BCUT2D eigenvalue weighted by atomic mass is 35.5. The van der Waals surface area contributed by atoms with Crippen molar-refractivity contribution in [3.8, 4) is 22.9 Å². The van der Waals surface area contributed by atoms with Crippen LogP contribution in [0.25, 0.3) is 11.4 Å². The average Bonchev–Trinajstić information content (AvgIpc) is 2.96. The van der Waals surface area contributed by atoms with Crippen LogP contribution in [0.3, 0.4) is 0 Å². The summed E-state index contributed by atoms with van der Waals surface area (Å²) in [5.74, 6) is 0.905. The number of H-pyrrole nitrogens is 1.